The first-order chi connectivity index (χ1) is 14.7. The van der Waals surface area contributed by atoms with Gasteiger partial charge >= 0.3 is 0 Å². The van der Waals surface area contributed by atoms with Crippen LogP contribution in [0.3, 0.4) is 0 Å². The van der Waals surface area contributed by atoms with E-state index in [-0.39, 0.29) is 18.5 Å². The molecule has 31 heavy (non-hydrogen) atoms. The van der Waals surface area contributed by atoms with Crippen LogP contribution in [0.1, 0.15) is 18.1 Å². The molecule has 2 rings (SSSR count). The molecule has 0 heterocycles. The number of hydrogen-bond acceptors (Lipinski definition) is 6. The molecule has 0 aromatic heterocycles. The third-order valence-corrected chi connectivity index (χ3v) is 4.54. The first-order valence-electron chi connectivity index (χ1n) is 9.43. The first kappa shape index (κ1) is 23.3. The van der Waals surface area contributed by atoms with E-state index in [4.69, 9.17) is 10.5 Å². The Morgan fingerprint density at radius 3 is 2.29 bits per heavy atom. The average molecular weight is 428 g/mol. The number of nitro groups is 1. The van der Waals surface area contributed by atoms with Crippen LogP contribution >= 0.6 is 0 Å². The van der Waals surface area contributed by atoms with Crippen molar-refractivity contribution in [1.29, 1.82) is 0 Å². The average Bonchev–Trinajstić information content (AvgIpc) is 2.72. The van der Waals surface area contributed by atoms with E-state index in [1.807, 2.05) is 18.2 Å². The molecule has 0 saturated heterocycles. The summed E-state index contributed by atoms with van der Waals surface area (Å²) in [7, 11) is 1.38. The van der Waals surface area contributed by atoms with Crippen LogP contribution in [-0.2, 0) is 27.2 Å². The molecule has 0 fully saturated rings. The summed E-state index contributed by atoms with van der Waals surface area (Å²) in [5.41, 5.74) is 6.42. The summed E-state index contributed by atoms with van der Waals surface area (Å²) in [5, 5.41) is 16.2. The molecule has 2 atom stereocenters. The fourth-order valence-corrected chi connectivity index (χ4v) is 3.06. The number of nitro benzene ring substituents is 1. The smallest absolute Gasteiger partial charge is 0.269 e. The van der Waals surface area contributed by atoms with Crippen molar-refractivity contribution in [3.8, 4) is 5.75 Å². The van der Waals surface area contributed by atoms with Crippen molar-refractivity contribution in [2.24, 2.45) is 5.73 Å². The Labute approximate surface area is 178 Å². The standard InChI is InChI=1S/C21H24N4O6/c1-13(26)23-18(10-14-6-4-3-5-7-14)21(28)24-17(20(22)27)12-15-11-16(25(29)30)8-9-19(15)31-2/h3-9,11,17-18H,10,12H2,1-2H3,(H2,22,27)(H,23,26)(H,24,28)/t17-,18+/m1/s1. The molecule has 4 N–H and O–H groups in total. The second-order valence-corrected chi connectivity index (χ2v) is 6.86. The largest absolute Gasteiger partial charge is 0.496 e. The zero-order valence-electron chi connectivity index (χ0n) is 17.2. The Morgan fingerprint density at radius 2 is 1.74 bits per heavy atom. The maximum Gasteiger partial charge on any atom is 0.269 e. The molecule has 0 unspecified atom stereocenters. The normalized spacial score (nSPS) is 12.3. The lowest BCUT2D eigenvalue weighted by Gasteiger charge is -2.22. The fraction of sp³-hybridized carbons (Fsp3) is 0.286. The minimum absolute atomic E-state index is 0.121. The number of nitrogens with zero attached hydrogens (tertiary/aromatic N) is 1. The van der Waals surface area contributed by atoms with E-state index in [9.17, 15) is 24.5 Å². The lowest BCUT2D eigenvalue weighted by atomic mass is 10.0. The Hall–Kier alpha value is -3.95. The second kappa shape index (κ2) is 10.7. The number of benzene rings is 2. The number of ether oxygens (including phenoxy) is 1. The predicted octanol–water partition coefficient (Wildman–Crippen LogP) is 0.863. The van der Waals surface area contributed by atoms with Gasteiger partial charge in [0, 0.05) is 37.5 Å². The highest BCUT2D eigenvalue weighted by Crippen LogP contribution is 2.25. The Morgan fingerprint density at radius 1 is 1.06 bits per heavy atom. The zero-order valence-corrected chi connectivity index (χ0v) is 17.2. The maximum absolute atomic E-state index is 12.8. The van der Waals surface area contributed by atoms with Crippen LogP contribution in [0.4, 0.5) is 5.69 Å². The minimum Gasteiger partial charge on any atom is -0.496 e. The van der Waals surface area contributed by atoms with Crippen molar-refractivity contribution in [2.45, 2.75) is 31.8 Å². The molecule has 0 radical (unpaired) electrons. The highest BCUT2D eigenvalue weighted by molar-refractivity contribution is 5.91. The molecule has 10 heteroatoms. The highest BCUT2D eigenvalue weighted by Gasteiger charge is 2.27. The third kappa shape index (κ3) is 6.81. The summed E-state index contributed by atoms with van der Waals surface area (Å²) in [5.74, 6) is -1.53. The van der Waals surface area contributed by atoms with E-state index in [0.29, 0.717) is 11.3 Å². The lowest BCUT2D eigenvalue weighted by molar-refractivity contribution is -0.384. The number of non-ortho nitro benzene ring substituents is 1. The fourth-order valence-electron chi connectivity index (χ4n) is 3.06. The van der Waals surface area contributed by atoms with E-state index in [2.05, 4.69) is 10.6 Å². The van der Waals surface area contributed by atoms with Gasteiger partial charge in [-0.1, -0.05) is 30.3 Å². The number of nitrogens with one attached hydrogen (secondary N) is 2. The van der Waals surface area contributed by atoms with Gasteiger partial charge in [-0.3, -0.25) is 24.5 Å². The molecule has 0 bridgehead atoms. The molecule has 0 aliphatic carbocycles. The van der Waals surface area contributed by atoms with Crippen molar-refractivity contribution >= 4 is 23.4 Å². The lowest BCUT2D eigenvalue weighted by Crippen LogP contribution is -2.54. The summed E-state index contributed by atoms with van der Waals surface area (Å²) in [4.78, 5) is 46.9. The SMILES string of the molecule is COc1ccc([N+](=O)[O-])cc1C[C@@H](NC(=O)[C@H](Cc1ccccc1)NC(C)=O)C(N)=O. The summed E-state index contributed by atoms with van der Waals surface area (Å²) in [6.07, 6.45) is 0.0852. The van der Waals surface area contributed by atoms with Gasteiger partial charge in [0.1, 0.15) is 17.8 Å². The predicted molar refractivity (Wildman–Crippen MR) is 112 cm³/mol. The summed E-state index contributed by atoms with van der Waals surface area (Å²) >= 11 is 0. The molecular formula is C21H24N4O6. The van der Waals surface area contributed by atoms with Crippen LogP contribution in [0.25, 0.3) is 0 Å². The van der Waals surface area contributed by atoms with Gasteiger partial charge in [0.05, 0.1) is 12.0 Å². The van der Waals surface area contributed by atoms with Gasteiger partial charge in [0.25, 0.3) is 5.69 Å². The maximum atomic E-state index is 12.8. The van der Waals surface area contributed by atoms with Crippen molar-refractivity contribution in [1.82, 2.24) is 10.6 Å². The molecule has 10 nitrogen and oxygen atoms in total. The molecule has 0 spiro atoms. The number of amides is 3. The molecule has 0 aliphatic rings. The van der Waals surface area contributed by atoms with E-state index in [0.717, 1.165) is 5.56 Å². The van der Waals surface area contributed by atoms with Crippen LogP contribution in [0, 0.1) is 10.1 Å². The summed E-state index contributed by atoms with van der Waals surface area (Å²) in [6.45, 7) is 1.28. The van der Waals surface area contributed by atoms with E-state index >= 15 is 0 Å². The molecule has 2 aromatic rings. The number of nitrogens with two attached hydrogens (primary N) is 1. The molecule has 0 aliphatic heterocycles. The minimum atomic E-state index is -1.17. The Bertz CT molecular complexity index is 964. The van der Waals surface area contributed by atoms with Gasteiger partial charge < -0.3 is 21.1 Å². The number of primary amides is 1. The van der Waals surface area contributed by atoms with E-state index < -0.39 is 34.7 Å². The molecule has 164 valence electrons. The third-order valence-electron chi connectivity index (χ3n) is 4.54. The van der Waals surface area contributed by atoms with Crippen LogP contribution in [0.2, 0.25) is 0 Å². The monoisotopic (exact) mass is 428 g/mol. The van der Waals surface area contributed by atoms with E-state index in [1.54, 1.807) is 12.1 Å². The molecule has 3 amide bonds. The van der Waals surface area contributed by atoms with Gasteiger partial charge in [-0.2, -0.15) is 0 Å². The van der Waals surface area contributed by atoms with Crippen molar-refractivity contribution in [3.63, 3.8) is 0 Å². The number of rotatable bonds is 10. The first-order valence-corrected chi connectivity index (χ1v) is 9.43. The van der Waals surface area contributed by atoms with Crippen LogP contribution in [0.15, 0.2) is 48.5 Å². The molecule has 2 aromatic carbocycles. The second-order valence-electron chi connectivity index (χ2n) is 6.86. The van der Waals surface area contributed by atoms with Gasteiger partial charge in [-0.15, -0.1) is 0 Å². The van der Waals surface area contributed by atoms with E-state index in [1.165, 1.54) is 32.2 Å². The zero-order chi connectivity index (χ0) is 23.0. The number of carbonyl (C=O) groups excluding carboxylic acids is 3. The van der Waals surface area contributed by atoms with Crippen LogP contribution in [0.5, 0.6) is 5.75 Å². The molecule has 0 saturated carbocycles. The van der Waals surface area contributed by atoms with Crippen molar-refractivity contribution in [3.05, 3.63) is 69.8 Å². The van der Waals surface area contributed by atoms with Crippen LogP contribution in [-0.4, -0.2) is 41.8 Å². The van der Waals surface area contributed by atoms with Gasteiger partial charge in [0.2, 0.25) is 17.7 Å². The Kier molecular flexibility index (Phi) is 8.07. The topological polar surface area (TPSA) is 154 Å². The van der Waals surface area contributed by atoms with Gasteiger partial charge in [-0.05, 0) is 11.6 Å². The summed E-state index contributed by atoms with van der Waals surface area (Å²) in [6, 6.07) is 10.9. The van der Waals surface area contributed by atoms with Gasteiger partial charge in [0.15, 0.2) is 0 Å². The highest BCUT2D eigenvalue weighted by atomic mass is 16.6. The number of methoxy groups -OCH3 is 1. The number of hydrogen-bond donors (Lipinski definition) is 3. The van der Waals surface area contributed by atoms with Crippen molar-refractivity contribution in [2.75, 3.05) is 7.11 Å². The van der Waals surface area contributed by atoms with Gasteiger partial charge in [-0.25, -0.2) is 0 Å². The number of carbonyl (C=O) groups is 3. The Balaban J connectivity index is 2.23. The van der Waals surface area contributed by atoms with Crippen molar-refractivity contribution < 1.29 is 24.0 Å². The van der Waals surface area contributed by atoms with Crippen LogP contribution < -0.4 is 21.1 Å². The quantitative estimate of drug-likeness (QED) is 0.377. The molecular weight excluding hydrogens is 404 g/mol. The summed E-state index contributed by atoms with van der Waals surface area (Å²) < 4.78 is 5.20.